The number of amides is 1. The molecule has 3 aromatic carbocycles. The maximum absolute atomic E-state index is 13.1. The Morgan fingerprint density at radius 2 is 1.64 bits per heavy atom. The zero-order chi connectivity index (χ0) is 19.6. The third kappa shape index (κ3) is 3.64. The summed E-state index contributed by atoms with van der Waals surface area (Å²) in [6.45, 7) is 0.649. The van der Waals surface area contributed by atoms with Crippen molar-refractivity contribution in [2.24, 2.45) is 0 Å². The van der Waals surface area contributed by atoms with E-state index in [-0.39, 0.29) is 10.8 Å². The second kappa shape index (κ2) is 7.48. The summed E-state index contributed by atoms with van der Waals surface area (Å²) in [6, 6.07) is 22.7. The largest absolute Gasteiger partial charge is 0.308 e. The van der Waals surface area contributed by atoms with Crippen LogP contribution in [0.3, 0.4) is 0 Å². The molecule has 0 bridgehead atoms. The van der Waals surface area contributed by atoms with Crippen LogP contribution in [0.15, 0.2) is 83.8 Å². The number of aryl methyl sites for hydroxylation is 1. The maximum Gasteiger partial charge on any atom is 0.261 e. The molecule has 5 nitrogen and oxygen atoms in total. The summed E-state index contributed by atoms with van der Waals surface area (Å²) in [6.07, 6.45) is 1.86. The van der Waals surface area contributed by atoms with Crippen LogP contribution in [0.5, 0.6) is 0 Å². The Labute approximate surface area is 164 Å². The number of nitrogens with zero attached hydrogens (tertiary/aromatic N) is 1. The first kappa shape index (κ1) is 18.3. The number of carbonyl (C=O) groups excluding carboxylic acids is 1. The number of fused-ring (bicyclic) bond motifs is 1. The minimum atomic E-state index is -3.70. The van der Waals surface area contributed by atoms with Crippen LogP contribution in [0.1, 0.15) is 22.3 Å². The van der Waals surface area contributed by atoms with Crippen LogP contribution in [0.25, 0.3) is 0 Å². The molecule has 1 aliphatic heterocycles. The number of rotatable bonds is 4. The van der Waals surface area contributed by atoms with E-state index in [0.29, 0.717) is 17.8 Å². The van der Waals surface area contributed by atoms with Crippen molar-refractivity contribution < 1.29 is 13.2 Å². The van der Waals surface area contributed by atoms with Crippen LogP contribution < -0.4 is 9.62 Å². The number of anilines is 2. The molecule has 142 valence electrons. The van der Waals surface area contributed by atoms with E-state index in [1.54, 1.807) is 47.4 Å². The van der Waals surface area contributed by atoms with Crippen LogP contribution in [-0.2, 0) is 16.4 Å². The second-order valence-corrected chi connectivity index (χ2v) is 8.37. The fraction of sp³-hybridized carbons (Fsp3) is 0.136. The molecule has 4 rings (SSSR count). The van der Waals surface area contributed by atoms with Gasteiger partial charge in [0.15, 0.2) is 0 Å². The number of hydrogen-bond acceptors (Lipinski definition) is 3. The van der Waals surface area contributed by atoms with Gasteiger partial charge in [-0.1, -0.05) is 42.5 Å². The first-order valence-corrected chi connectivity index (χ1v) is 10.6. The van der Waals surface area contributed by atoms with Crippen LogP contribution in [0, 0.1) is 0 Å². The highest BCUT2D eigenvalue weighted by Gasteiger charge is 2.23. The molecule has 1 amide bonds. The van der Waals surface area contributed by atoms with Crippen molar-refractivity contribution in [1.29, 1.82) is 0 Å². The highest BCUT2D eigenvalue weighted by Crippen LogP contribution is 2.28. The Balaban J connectivity index is 1.60. The molecular weight excluding hydrogens is 372 g/mol. The average Bonchev–Trinajstić information content (AvgIpc) is 2.73. The summed E-state index contributed by atoms with van der Waals surface area (Å²) in [4.78, 5) is 15.0. The average molecular weight is 392 g/mol. The normalized spacial score (nSPS) is 13.6. The molecule has 0 radical (unpaired) electrons. The van der Waals surface area contributed by atoms with Crippen molar-refractivity contribution >= 4 is 27.3 Å². The Hall–Kier alpha value is -3.12. The lowest BCUT2D eigenvalue weighted by Crippen LogP contribution is -2.35. The number of benzene rings is 3. The van der Waals surface area contributed by atoms with Crippen LogP contribution in [-0.4, -0.2) is 20.9 Å². The molecule has 0 aromatic heterocycles. The smallest absolute Gasteiger partial charge is 0.261 e. The van der Waals surface area contributed by atoms with Crippen molar-refractivity contribution in [2.45, 2.75) is 17.7 Å². The van der Waals surface area contributed by atoms with E-state index >= 15 is 0 Å². The summed E-state index contributed by atoms with van der Waals surface area (Å²) >= 11 is 0. The van der Waals surface area contributed by atoms with Gasteiger partial charge in [-0.05, 0) is 54.8 Å². The number of para-hydroxylation sites is 1. The minimum absolute atomic E-state index is 0.132. The van der Waals surface area contributed by atoms with Gasteiger partial charge in [-0.2, -0.15) is 0 Å². The molecule has 1 N–H and O–H groups in total. The van der Waals surface area contributed by atoms with Crippen molar-refractivity contribution in [3.8, 4) is 0 Å². The molecule has 0 aliphatic carbocycles. The number of nitrogens with one attached hydrogen (secondary N) is 1. The summed E-state index contributed by atoms with van der Waals surface area (Å²) < 4.78 is 27.6. The first-order chi connectivity index (χ1) is 13.5. The molecule has 0 atom stereocenters. The van der Waals surface area contributed by atoms with Gasteiger partial charge in [0.2, 0.25) is 0 Å². The highest BCUT2D eigenvalue weighted by molar-refractivity contribution is 7.92. The van der Waals surface area contributed by atoms with Crippen molar-refractivity contribution in [3.63, 3.8) is 0 Å². The van der Waals surface area contributed by atoms with Crippen molar-refractivity contribution in [2.75, 3.05) is 16.2 Å². The van der Waals surface area contributed by atoms with E-state index < -0.39 is 10.0 Å². The van der Waals surface area contributed by atoms with E-state index in [1.165, 1.54) is 12.1 Å². The number of sulfonamides is 1. The minimum Gasteiger partial charge on any atom is -0.308 e. The summed E-state index contributed by atoms with van der Waals surface area (Å²) in [5.41, 5.74) is 2.89. The van der Waals surface area contributed by atoms with Crippen LogP contribution in [0.4, 0.5) is 11.4 Å². The summed E-state index contributed by atoms with van der Waals surface area (Å²) in [5.74, 6) is -0.132. The number of carbonyl (C=O) groups is 1. The van der Waals surface area contributed by atoms with Gasteiger partial charge >= 0.3 is 0 Å². The second-order valence-electron chi connectivity index (χ2n) is 6.69. The standard InChI is InChI=1S/C22H20N2O3S/c25-22(24-15-7-10-17-8-4-5-14-21(17)24)18-9-6-11-19(16-18)23-28(26,27)20-12-2-1-3-13-20/h1-6,8-9,11-14,16,23H,7,10,15H2. The summed E-state index contributed by atoms with van der Waals surface area (Å²) in [7, 11) is -3.70. The van der Waals surface area contributed by atoms with Crippen LogP contribution in [0.2, 0.25) is 0 Å². The molecule has 0 spiro atoms. The molecule has 6 heteroatoms. The Bertz CT molecular complexity index is 1110. The van der Waals surface area contributed by atoms with Gasteiger partial charge < -0.3 is 4.90 Å². The molecule has 0 saturated carbocycles. The molecule has 3 aromatic rings. The van der Waals surface area contributed by atoms with Gasteiger partial charge in [0.05, 0.1) is 4.90 Å². The Kier molecular flexibility index (Phi) is 4.88. The monoisotopic (exact) mass is 392 g/mol. The summed E-state index contributed by atoms with van der Waals surface area (Å²) in [5, 5.41) is 0. The molecule has 0 saturated heterocycles. The zero-order valence-corrected chi connectivity index (χ0v) is 16.0. The number of hydrogen-bond donors (Lipinski definition) is 1. The van der Waals surface area contributed by atoms with Crippen LogP contribution >= 0.6 is 0 Å². The van der Waals surface area contributed by atoms with Gasteiger partial charge in [-0.25, -0.2) is 8.42 Å². The van der Waals surface area contributed by atoms with E-state index in [0.717, 1.165) is 24.1 Å². The molecule has 1 aliphatic rings. The predicted molar refractivity (Wildman–Crippen MR) is 110 cm³/mol. The van der Waals surface area contributed by atoms with E-state index in [9.17, 15) is 13.2 Å². The maximum atomic E-state index is 13.1. The lowest BCUT2D eigenvalue weighted by molar-refractivity contribution is 0.0985. The van der Waals surface area contributed by atoms with Gasteiger partial charge in [0.1, 0.15) is 0 Å². The Morgan fingerprint density at radius 1 is 0.893 bits per heavy atom. The first-order valence-electron chi connectivity index (χ1n) is 9.12. The molecule has 1 heterocycles. The van der Waals surface area contributed by atoms with Gasteiger partial charge in [0.25, 0.3) is 15.9 Å². The van der Waals surface area contributed by atoms with Crippen molar-refractivity contribution in [3.05, 3.63) is 90.0 Å². The fourth-order valence-electron chi connectivity index (χ4n) is 3.43. The lowest BCUT2D eigenvalue weighted by Gasteiger charge is -2.29. The van der Waals surface area contributed by atoms with E-state index in [4.69, 9.17) is 0 Å². The van der Waals surface area contributed by atoms with Gasteiger partial charge in [0, 0.05) is 23.5 Å². The molecule has 0 unspecified atom stereocenters. The van der Waals surface area contributed by atoms with E-state index in [1.807, 2.05) is 24.3 Å². The molecular formula is C22H20N2O3S. The topological polar surface area (TPSA) is 66.5 Å². The van der Waals surface area contributed by atoms with E-state index in [2.05, 4.69) is 4.72 Å². The molecule has 0 fully saturated rings. The zero-order valence-electron chi connectivity index (χ0n) is 15.2. The quantitative estimate of drug-likeness (QED) is 0.727. The highest BCUT2D eigenvalue weighted by atomic mass is 32.2. The molecule has 28 heavy (non-hydrogen) atoms. The van der Waals surface area contributed by atoms with Crippen molar-refractivity contribution in [1.82, 2.24) is 0 Å². The van der Waals surface area contributed by atoms with Gasteiger partial charge in [-0.15, -0.1) is 0 Å². The lowest BCUT2D eigenvalue weighted by atomic mass is 10.0. The third-order valence-electron chi connectivity index (χ3n) is 4.77. The Morgan fingerprint density at radius 3 is 2.46 bits per heavy atom. The fourth-order valence-corrected chi connectivity index (χ4v) is 4.50. The third-order valence-corrected chi connectivity index (χ3v) is 6.17. The SMILES string of the molecule is O=C(c1cccc(NS(=O)(=O)c2ccccc2)c1)N1CCCc2ccccc21. The van der Waals surface area contributed by atoms with Gasteiger partial charge in [-0.3, -0.25) is 9.52 Å². The predicted octanol–water partition coefficient (Wildman–Crippen LogP) is 4.08.